The lowest BCUT2D eigenvalue weighted by Crippen LogP contribution is -2.17. The number of rotatable bonds is 5. The number of aryl methyl sites for hydroxylation is 1. The zero-order valence-corrected chi connectivity index (χ0v) is 10.8. The first-order valence-electron chi connectivity index (χ1n) is 5.80. The molecule has 0 amide bonds. The van der Waals surface area contributed by atoms with Crippen molar-refractivity contribution in [3.8, 4) is 11.5 Å². The molecule has 1 unspecified atom stereocenters. The number of ether oxygens (including phenoxy) is 2. The third-order valence-electron chi connectivity index (χ3n) is 2.65. The number of hydrogen-bond acceptors (Lipinski definition) is 5. The first-order chi connectivity index (χ1) is 8.56. The summed E-state index contributed by atoms with van der Waals surface area (Å²) in [5.41, 5.74) is 0.823. The number of phenols is 1. The molecular weight excluding hydrogens is 236 g/mol. The van der Waals surface area contributed by atoms with E-state index in [1.807, 2.05) is 6.92 Å². The molecule has 0 saturated carbocycles. The van der Waals surface area contributed by atoms with E-state index in [9.17, 15) is 15.0 Å². The van der Waals surface area contributed by atoms with Crippen molar-refractivity contribution in [2.75, 3.05) is 13.7 Å². The number of aliphatic hydroxyl groups excluding tert-OH is 1. The van der Waals surface area contributed by atoms with Crippen LogP contribution in [0, 0.1) is 0 Å². The number of aromatic hydroxyl groups is 1. The number of carbonyl (C=O) groups excluding carboxylic acids is 1. The van der Waals surface area contributed by atoms with Crippen molar-refractivity contribution in [2.45, 2.75) is 26.4 Å². The summed E-state index contributed by atoms with van der Waals surface area (Å²) in [7, 11) is 1.40. The van der Waals surface area contributed by atoms with Crippen LogP contribution < -0.4 is 4.74 Å². The Morgan fingerprint density at radius 3 is 2.56 bits per heavy atom. The third-order valence-corrected chi connectivity index (χ3v) is 2.65. The van der Waals surface area contributed by atoms with Gasteiger partial charge in [0, 0.05) is 5.56 Å². The Balaban J connectivity index is 3.23. The highest BCUT2D eigenvalue weighted by molar-refractivity contribution is 5.78. The van der Waals surface area contributed by atoms with Crippen LogP contribution in [0.25, 0.3) is 0 Å². The van der Waals surface area contributed by atoms with Crippen molar-refractivity contribution in [1.82, 2.24) is 0 Å². The van der Waals surface area contributed by atoms with Crippen molar-refractivity contribution < 1.29 is 24.5 Å². The van der Waals surface area contributed by atoms with Gasteiger partial charge < -0.3 is 19.7 Å². The molecule has 1 aromatic carbocycles. The summed E-state index contributed by atoms with van der Waals surface area (Å²) in [5.74, 6) is -0.793. The van der Waals surface area contributed by atoms with E-state index < -0.39 is 12.1 Å². The SMILES string of the molecule is CCOC(=O)C(O)c1c(CC)ccc(OC)c1O. The van der Waals surface area contributed by atoms with Crippen molar-refractivity contribution in [1.29, 1.82) is 0 Å². The maximum Gasteiger partial charge on any atom is 0.339 e. The second-order valence-electron chi connectivity index (χ2n) is 3.70. The molecule has 0 aliphatic heterocycles. The largest absolute Gasteiger partial charge is 0.504 e. The van der Waals surface area contributed by atoms with E-state index in [0.29, 0.717) is 12.0 Å². The van der Waals surface area contributed by atoms with E-state index in [1.54, 1.807) is 19.1 Å². The summed E-state index contributed by atoms with van der Waals surface area (Å²) >= 11 is 0. The third kappa shape index (κ3) is 2.73. The second-order valence-corrected chi connectivity index (χ2v) is 3.70. The number of esters is 1. The van der Waals surface area contributed by atoms with E-state index >= 15 is 0 Å². The Kier molecular flexibility index (Phi) is 4.97. The molecular formula is C13H18O5. The zero-order valence-electron chi connectivity index (χ0n) is 10.8. The standard InChI is InChI=1S/C13H18O5/c1-4-8-6-7-9(17-3)11(14)10(8)12(15)13(16)18-5-2/h6-7,12,14-15H,4-5H2,1-3H3. The molecule has 0 saturated heterocycles. The van der Waals surface area contributed by atoms with Crippen molar-refractivity contribution >= 4 is 5.97 Å². The minimum Gasteiger partial charge on any atom is -0.504 e. The number of aliphatic hydroxyl groups is 1. The van der Waals surface area contributed by atoms with Crippen molar-refractivity contribution in [2.24, 2.45) is 0 Å². The summed E-state index contributed by atoms with van der Waals surface area (Å²) in [4.78, 5) is 11.5. The monoisotopic (exact) mass is 254 g/mol. The quantitative estimate of drug-likeness (QED) is 0.780. The molecule has 0 fully saturated rings. The van der Waals surface area contributed by atoms with E-state index in [2.05, 4.69) is 0 Å². The topological polar surface area (TPSA) is 76.0 Å². The lowest BCUT2D eigenvalue weighted by molar-refractivity contribution is -0.153. The van der Waals surface area contributed by atoms with Crippen LogP contribution in [-0.2, 0) is 16.0 Å². The van der Waals surface area contributed by atoms with Crippen LogP contribution in [0.15, 0.2) is 12.1 Å². The zero-order chi connectivity index (χ0) is 13.7. The van der Waals surface area contributed by atoms with Crippen molar-refractivity contribution in [3.63, 3.8) is 0 Å². The fourth-order valence-corrected chi connectivity index (χ4v) is 1.75. The maximum absolute atomic E-state index is 11.5. The van der Waals surface area contributed by atoms with Crippen LogP contribution in [0.4, 0.5) is 0 Å². The Hall–Kier alpha value is -1.75. The normalized spacial score (nSPS) is 12.0. The van der Waals surface area contributed by atoms with Crippen LogP contribution in [0.1, 0.15) is 31.1 Å². The van der Waals surface area contributed by atoms with Crippen LogP contribution in [0.2, 0.25) is 0 Å². The molecule has 0 aliphatic rings. The number of benzene rings is 1. The van der Waals surface area contributed by atoms with Crippen LogP contribution in [0.5, 0.6) is 11.5 Å². The summed E-state index contributed by atoms with van der Waals surface area (Å²) in [6.45, 7) is 3.68. The van der Waals surface area contributed by atoms with Gasteiger partial charge in [0.05, 0.1) is 13.7 Å². The van der Waals surface area contributed by atoms with Crippen LogP contribution in [-0.4, -0.2) is 29.9 Å². The average Bonchev–Trinajstić information content (AvgIpc) is 2.37. The number of hydrogen-bond donors (Lipinski definition) is 2. The molecule has 18 heavy (non-hydrogen) atoms. The average molecular weight is 254 g/mol. The highest BCUT2D eigenvalue weighted by Crippen LogP contribution is 2.37. The predicted molar refractivity (Wildman–Crippen MR) is 65.6 cm³/mol. The predicted octanol–water partition coefficient (Wildman–Crippen LogP) is 1.56. The molecule has 0 spiro atoms. The molecule has 0 aromatic heterocycles. The summed E-state index contributed by atoms with van der Waals surface area (Å²) in [6, 6.07) is 3.30. The molecule has 1 rings (SSSR count). The summed E-state index contributed by atoms with van der Waals surface area (Å²) in [6.07, 6.45) is -0.932. The smallest absolute Gasteiger partial charge is 0.339 e. The number of carbonyl (C=O) groups is 1. The molecule has 1 atom stereocenters. The van der Waals surface area contributed by atoms with E-state index in [4.69, 9.17) is 9.47 Å². The lowest BCUT2D eigenvalue weighted by Gasteiger charge is -2.17. The molecule has 0 radical (unpaired) electrons. The molecule has 0 aliphatic carbocycles. The first-order valence-corrected chi connectivity index (χ1v) is 5.80. The van der Waals surface area contributed by atoms with E-state index in [0.717, 1.165) is 0 Å². The molecule has 5 nitrogen and oxygen atoms in total. The van der Waals surface area contributed by atoms with Gasteiger partial charge >= 0.3 is 5.97 Å². The Morgan fingerprint density at radius 1 is 1.39 bits per heavy atom. The molecule has 2 N–H and O–H groups in total. The Labute approximate surface area is 106 Å². The first kappa shape index (κ1) is 14.3. The molecule has 100 valence electrons. The minimum absolute atomic E-state index is 0.148. The van der Waals surface area contributed by atoms with Gasteiger partial charge in [-0.3, -0.25) is 0 Å². The summed E-state index contributed by atoms with van der Waals surface area (Å²) < 4.78 is 9.71. The van der Waals surface area contributed by atoms with Gasteiger partial charge in [0.1, 0.15) is 0 Å². The molecule has 0 heterocycles. The van der Waals surface area contributed by atoms with Gasteiger partial charge in [-0.1, -0.05) is 13.0 Å². The van der Waals surface area contributed by atoms with Gasteiger partial charge in [-0.05, 0) is 25.0 Å². The van der Waals surface area contributed by atoms with Gasteiger partial charge in [0.25, 0.3) is 0 Å². The van der Waals surface area contributed by atoms with Crippen LogP contribution in [0.3, 0.4) is 0 Å². The van der Waals surface area contributed by atoms with Gasteiger partial charge in [-0.15, -0.1) is 0 Å². The number of methoxy groups -OCH3 is 1. The van der Waals surface area contributed by atoms with Gasteiger partial charge in [-0.25, -0.2) is 4.79 Å². The maximum atomic E-state index is 11.5. The highest BCUT2D eigenvalue weighted by atomic mass is 16.5. The number of phenolic OH excluding ortho intramolecular Hbond substituents is 1. The van der Waals surface area contributed by atoms with E-state index in [1.165, 1.54) is 7.11 Å². The fourth-order valence-electron chi connectivity index (χ4n) is 1.75. The van der Waals surface area contributed by atoms with E-state index in [-0.39, 0.29) is 23.7 Å². The highest BCUT2D eigenvalue weighted by Gasteiger charge is 2.26. The fraction of sp³-hybridized carbons (Fsp3) is 0.462. The minimum atomic E-state index is -1.50. The lowest BCUT2D eigenvalue weighted by atomic mass is 9.98. The summed E-state index contributed by atoms with van der Waals surface area (Å²) in [5, 5.41) is 19.9. The van der Waals surface area contributed by atoms with Crippen LogP contribution >= 0.6 is 0 Å². The van der Waals surface area contributed by atoms with Crippen molar-refractivity contribution in [3.05, 3.63) is 23.3 Å². The second kappa shape index (κ2) is 6.26. The molecule has 5 heteroatoms. The Bertz CT molecular complexity index is 428. The molecule has 0 bridgehead atoms. The Morgan fingerprint density at radius 2 is 2.06 bits per heavy atom. The van der Waals surface area contributed by atoms with Gasteiger partial charge in [0.2, 0.25) is 0 Å². The molecule has 1 aromatic rings. The van der Waals surface area contributed by atoms with Gasteiger partial charge in [0.15, 0.2) is 17.6 Å². The van der Waals surface area contributed by atoms with Gasteiger partial charge in [-0.2, -0.15) is 0 Å².